The first-order valence-corrected chi connectivity index (χ1v) is 10.4. The number of anilines is 2. The van der Waals surface area contributed by atoms with Crippen LogP contribution in [0, 0.1) is 20.8 Å². The Kier molecular flexibility index (Phi) is 5.90. The third-order valence-electron chi connectivity index (χ3n) is 5.12. The summed E-state index contributed by atoms with van der Waals surface area (Å²) in [6.45, 7) is 5.15. The number of aliphatic hydroxyl groups is 1. The quantitative estimate of drug-likeness (QED) is 0.425. The van der Waals surface area contributed by atoms with Gasteiger partial charge in [-0.15, -0.1) is 0 Å². The van der Waals surface area contributed by atoms with Gasteiger partial charge in [-0.2, -0.15) is 18.3 Å². The fourth-order valence-electron chi connectivity index (χ4n) is 3.32. The van der Waals surface area contributed by atoms with Crippen LogP contribution in [-0.2, 0) is 0 Å². The van der Waals surface area contributed by atoms with Crippen LogP contribution in [0.4, 0.5) is 24.8 Å². The SMILES string of the molecule is Cc1cc(-c2ccn3nc(Nc4cc(C)nc(C)n4)cc3c2)c(OC[C@@](C)(O)C(F)(F)F)cn1. The Morgan fingerprint density at radius 3 is 2.50 bits per heavy atom. The van der Waals surface area contributed by atoms with Crippen molar-refractivity contribution in [1.82, 2.24) is 24.6 Å². The van der Waals surface area contributed by atoms with Gasteiger partial charge in [-0.05, 0) is 51.5 Å². The zero-order valence-corrected chi connectivity index (χ0v) is 19.0. The summed E-state index contributed by atoms with van der Waals surface area (Å²) in [4.78, 5) is 12.7. The molecule has 2 N–H and O–H groups in total. The van der Waals surface area contributed by atoms with Gasteiger partial charge in [0.25, 0.3) is 0 Å². The van der Waals surface area contributed by atoms with Crippen molar-refractivity contribution in [2.24, 2.45) is 0 Å². The van der Waals surface area contributed by atoms with Crippen LogP contribution in [0.2, 0.25) is 0 Å². The second-order valence-corrected chi connectivity index (χ2v) is 8.26. The summed E-state index contributed by atoms with van der Waals surface area (Å²) in [7, 11) is 0. The molecule has 0 aliphatic heterocycles. The van der Waals surface area contributed by atoms with E-state index in [0.29, 0.717) is 41.2 Å². The molecule has 4 aromatic rings. The molecule has 0 saturated heterocycles. The molecule has 0 amide bonds. The lowest BCUT2D eigenvalue weighted by Gasteiger charge is -2.26. The topological polar surface area (TPSA) is 97.5 Å². The van der Waals surface area contributed by atoms with E-state index < -0.39 is 18.4 Å². The second-order valence-electron chi connectivity index (χ2n) is 8.26. The number of pyridine rings is 2. The Labute approximate surface area is 193 Å². The third-order valence-corrected chi connectivity index (χ3v) is 5.12. The molecule has 0 fully saturated rings. The van der Waals surface area contributed by atoms with Gasteiger partial charge in [0.05, 0.1) is 11.7 Å². The Hall–Kier alpha value is -3.73. The summed E-state index contributed by atoms with van der Waals surface area (Å²) in [5, 5.41) is 17.4. The number of halogens is 3. The maximum atomic E-state index is 13.0. The van der Waals surface area contributed by atoms with Gasteiger partial charge in [-0.1, -0.05) is 0 Å². The van der Waals surface area contributed by atoms with Crippen molar-refractivity contribution in [3.05, 3.63) is 59.9 Å². The van der Waals surface area contributed by atoms with E-state index in [1.165, 1.54) is 6.20 Å². The number of nitrogens with one attached hydrogen (secondary N) is 1. The van der Waals surface area contributed by atoms with Gasteiger partial charge in [-0.25, -0.2) is 14.5 Å². The predicted octanol–water partition coefficient (Wildman–Crippen LogP) is 4.55. The monoisotopic (exact) mass is 472 g/mol. The van der Waals surface area contributed by atoms with E-state index in [1.807, 2.05) is 25.1 Å². The van der Waals surface area contributed by atoms with Gasteiger partial charge < -0.3 is 15.2 Å². The van der Waals surface area contributed by atoms with Crippen molar-refractivity contribution >= 4 is 17.2 Å². The summed E-state index contributed by atoms with van der Waals surface area (Å²) in [6.07, 6.45) is -1.74. The summed E-state index contributed by atoms with van der Waals surface area (Å²) in [5.41, 5.74) is 0.472. The minimum Gasteiger partial charge on any atom is -0.488 e. The van der Waals surface area contributed by atoms with Gasteiger partial charge >= 0.3 is 6.18 Å². The average molecular weight is 472 g/mol. The standard InChI is InChI=1S/C23H23F3N6O2/c1-13-7-18(19(11-27-13)34-12-22(4,33)23(24,25)26)16-5-6-32-17(9-16)10-21(31-32)30-20-8-14(2)28-15(3)29-20/h5-11,33H,12H2,1-4H3,(H,28,29,30,31)/t22-/m1/s1. The number of hydrogen-bond donors (Lipinski definition) is 2. The Balaban J connectivity index is 1.64. The van der Waals surface area contributed by atoms with Crippen molar-refractivity contribution in [3.63, 3.8) is 0 Å². The van der Waals surface area contributed by atoms with Crippen molar-refractivity contribution in [2.45, 2.75) is 39.5 Å². The highest BCUT2D eigenvalue weighted by Gasteiger charge is 2.50. The molecule has 4 aromatic heterocycles. The Morgan fingerprint density at radius 1 is 1.03 bits per heavy atom. The first-order valence-electron chi connectivity index (χ1n) is 10.4. The molecule has 0 unspecified atom stereocenters. The molecule has 0 spiro atoms. The Bertz CT molecular complexity index is 1330. The van der Waals surface area contributed by atoms with Crippen LogP contribution in [0.1, 0.15) is 24.1 Å². The summed E-state index contributed by atoms with van der Waals surface area (Å²) >= 11 is 0. The molecule has 0 radical (unpaired) electrons. The van der Waals surface area contributed by atoms with Gasteiger partial charge in [0, 0.05) is 35.3 Å². The number of aromatic nitrogens is 5. The van der Waals surface area contributed by atoms with Crippen molar-refractivity contribution in [1.29, 1.82) is 0 Å². The van der Waals surface area contributed by atoms with E-state index in [2.05, 4.69) is 25.4 Å². The normalized spacial score (nSPS) is 13.6. The molecule has 8 nitrogen and oxygen atoms in total. The highest BCUT2D eigenvalue weighted by Crippen LogP contribution is 2.34. The fourth-order valence-corrected chi connectivity index (χ4v) is 3.32. The van der Waals surface area contributed by atoms with Crippen LogP contribution in [-0.4, -0.2) is 48.1 Å². The number of alkyl halides is 3. The lowest BCUT2D eigenvalue weighted by Crippen LogP contribution is -2.47. The lowest BCUT2D eigenvalue weighted by atomic mass is 10.1. The summed E-state index contributed by atoms with van der Waals surface area (Å²) < 4.78 is 46.1. The molecule has 0 aromatic carbocycles. The van der Waals surface area contributed by atoms with Crippen LogP contribution in [0.25, 0.3) is 16.6 Å². The van der Waals surface area contributed by atoms with Crippen molar-refractivity contribution in [2.75, 3.05) is 11.9 Å². The highest BCUT2D eigenvalue weighted by atomic mass is 19.4. The van der Waals surface area contributed by atoms with Gasteiger partial charge in [0.15, 0.2) is 11.4 Å². The second kappa shape index (κ2) is 8.56. The molecule has 4 heterocycles. The van der Waals surface area contributed by atoms with Crippen LogP contribution >= 0.6 is 0 Å². The summed E-state index contributed by atoms with van der Waals surface area (Å²) in [6, 6.07) is 8.94. The molecular weight excluding hydrogens is 449 g/mol. The van der Waals surface area contributed by atoms with Crippen LogP contribution < -0.4 is 10.1 Å². The number of nitrogens with zero attached hydrogens (tertiary/aromatic N) is 5. The van der Waals surface area contributed by atoms with E-state index in [0.717, 1.165) is 11.2 Å². The molecule has 0 bridgehead atoms. The third kappa shape index (κ3) is 4.93. The van der Waals surface area contributed by atoms with E-state index in [4.69, 9.17) is 4.74 Å². The zero-order chi connectivity index (χ0) is 24.7. The molecule has 0 aliphatic carbocycles. The highest BCUT2D eigenvalue weighted by molar-refractivity contribution is 5.75. The smallest absolute Gasteiger partial charge is 0.420 e. The number of aryl methyl sites for hydroxylation is 3. The number of ether oxygens (including phenoxy) is 1. The van der Waals surface area contributed by atoms with Crippen LogP contribution in [0.15, 0.2) is 42.7 Å². The number of rotatable bonds is 6. The Morgan fingerprint density at radius 2 is 1.79 bits per heavy atom. The van der Waals surface area contributed by atoms with Crippen LogP contribution in [0.3, 0.4) is 0 Å². The van der Waals surface area contributed by atoms with Gasteiger partial charge in [0.2, 0.25) is 0 Å². The maximum Gasteiger partial charge on any atom is 0.420 e. The molecule has 0 aliphatic rings. The predicted molar refractivity (Wildman–Crippen MR) is 120 cm³/mol. The summed E-state index contributed by atoms with van der Waals surface area (Å²) in [5.74, 6) is 1.95. The van der Waals surface area contributed by atoms with Crippen molar-refractivity contribution < 1.29 is 23.0 Å². The largest absolute Gasteiger partial charge is 0.488 e. The minimum absolute atomic E-state index is 0.129. The van der Waals surface area contributed by atoms with E-state index in [-0.39, 0.29) is 5.75 Å². The van der Waals surface area contributed by atoms with E-state index in [1.54, 1.807) is 36.7 Å². The van der Waals surface area contributed by atoms with Crippen LogP contribution in [0.5, 0.6) is 5.75 Å². The van der Waals surface area contributed by atoms with E-state index in [9.17, 15) is 18.3 Å². The molecule has 4 rings (SSSR count). The lowest BCUT2D eigenvalue weighted by molar-refractivity contribution is -0.260. The molecule has 34 heavy (non-hydrogen) atoms. The average Bonchev–Trinajstić information content (AvgIpc) is 3.12. The molecule has 0 saturated carbocycles. The molecular formula is C23H23F3N6O2. The van der Waals surface area contributed by atoms with E-state index >= 15 is 0 Å². The number of hydrogen-bond acceptors (Lipinski definition) is 7. The van der Waals surface area contributed by atoms with Gasteiger partial charge in [-0.3, -0.25) is 4.98 Å². The van der Waals surface area contributed by atoms with Gasteiger partial charge in [0.1, 0.15) is 24.0 Å². The maximum absolute atomic E-state index is 13.0. The molecule has 11 heteroatoms. The first-order chi connectivity index (χ1) is 15.9. The zero-order valence-electron chi connectivity index (χ0n) is 19.0. The van der Waals surface area contributed by atoms with Crippen molar-refractivity contribution in [3.8, 4) is 16.9 Å². The first kappa shape index (κ1) is 23.4. The molecule has 1 atom stereocenters. The fraction of sp³-hybridized carbons (Fsp3) is 0.304. The molecule has 178 valence electrons. The number of fused-ring (bicyclic) bond motifs is 1. The minimum atomic E-state index is -4.83.